The molecule has 0 bridgehead atoms. The molecule has 3 nitrogen and oxygen atoms in total. The zero-order valence-electron chi connectivity index (χ0n) is 6.61. The van der Waals surface area contributed by atoms with E-state index in [1.807, 2.05) is 13.8 Å². The van der Waals surface area contributed by atoms with Crippen molar-refractivity contribution in [2.24, 2.45) is 0 Å². The minimum Gasteiger partial charge on any atom is -0.275 e. The molecule has 0 amide bonds. The molecular weight excluding hydrogens is 128 g/mol. The van der Waals surface area contributed by atoms with Gasteiger partial charge in [-0.25, -0.2) is 0 Å². The monoisotopic (exact) mass is 141 g/mol. The molecule has 10 heavy (non-hydrogen) atoms. The SMILES string of the molecule is CC.CO[n+]1ccncc1. The van der Waals surface area contributed by atoms with Crippen molar-refractivity contribution in [3.63, 3.8) is 0 Å². The molecule has 1 aromatic rings. The summed E-state index contributed by atoms with van der Waals surface area (Å²) in [6.45, 7) is 4.00. The predicted molar refractivity (Wildman–Crippen MR) is 38.3 cm³/mol. The molecule has 0 saturated heterocycles. The first kappa shape index (κ1) is 8.88. The third kappa shape index (κ3) is 3.02. The van der Waals surface area contributed by atoms with E-state index in [0.29, 0.717) is 0 Å². The largest absolute Gasteiger partial charge is 0.275 e. The lowest BCUT2D eigenvalue weighted by Crippen LogP contribution is -2.39. The Bertz CT molecular complexity index is 153. The Balaban J connectivity index is 0.000000371. The van der Waals surface area contributed by atoms with Crippen molar-refractivity contribution in [1.29, 1.82) is 0 Å². The fourth-order valence-corrected chi connectivity index (χ4v) is 0.429. The summed E-state index contributed by atoms with van der Waals surface area (Å²) >= 11 is 0. The van der Waals surface area contributed by atoms with Gasteiger partial charge in [-0.3, -0.25) is 9.82 Å². The lowest BCUT2D eigenvalue weighted by molar-refractivity contribution is -0.885. The second-order valence-corrected chi connectivity index (χ2v) is 1.29. The highest BCUT2D eigenvalue weighted by molar-refractivity contribution is 4.61. The van der Waals surface area contributed by atoms with Crippen molar-refractivity contribution in [1.82, 2.24) is 4.98 Å². The Morgan fingerprint density at radius 2 is 1.70 bits per heavy atom. The van der Waals surface area contributed by atoms with E-state index in [-0.39, 0.29) is 0 Å². The molecular formula is C7H13N2O+. The maximum Gasteiger partial charge on any atom is 0.240 e. The molecule has 0 atom stereocenters. The van der Waals surface area contributed by atoms with Crippen molar-refractivity contribution < 1.29 is 9.57 Å². The number of aromatic nitrogens is 2. The highest BCUT2D eigenvalue weighted by Gasteiger charge is 1.89. The van der Waals surface area contributed by atoms with E-state index in [1.54, 1.807) is 36.6 Å². The number of nitrogens with zero attached hydrogens (tertiary/aromatic N) is 2. The molecule has 3 heteroatoms. The van der Waals surface area contributed by atoms with Gasteiger partial charge in [-0.15, -0.1) is 0 Å². The van der Waals surface area contributed by atoms with Gasteiger partial charge >= 0.3 is 0 Å². The molecule has 0 aliphatic rings. The molecule has 0 radical (unpaired) electrons. The van der Waals surface area contributed by atoms with Crippen LogP contribution in [0.25, 0.3) is 0 Å². The summed E-state index contributed by atoms with van der Waals surface area (Å²) in [5.41, 5.74) is 0. The quantitative estimate of drug-likeness (QED) is 0.531. The van der Waals surface area contributed by atoms with Crippen LogP contribution in [0.1, 0.15) is 13.8 Å². The van der Waals surface area contributed by atoms with Crippen LogP contribution in [0.3, 0.4) is 0 Å². The van der Waals surface area contributed by atoms with E-state index in [4.69, 9.17) is 4.84 Å². The third-order valence-corrected chi connectivity index (χ3v) is 0.810. The minimum atomic E-state index is 1.56. The van der Waals surface area contributed by atoms with Gasteiger partial charge in [0.1, 0.15) is 7.11 Å². The Labute approximate surface area is 61.2 Å². The maximum absolute atomic E-state index is 4.79. The standard InChI is InChI=1S/C5H7N2O.C2H6/c1-8-7-4-2-6-3-5-7;1-2/h2-5H,1H3;1-2H3/q+1;. The molecule has 1 aromatic heterocycles. The lowest BCUT2D eigenvalue weighted by atomic mass is 10.8. The van der Waals surface area contributed by atoms with Gasteiger partial charge in [0, 0.05) is 4.73 Å². The predicted octanol–water partition coefficient (Wildman–Crippen LogP) is 0.454. The molecule has 0 aliphatic carbocycles. The van der Waals surface area contributed by atoms with Crippen molar-refractivity contribution in [3.8, 4) is 0 Å². The summed E-state index contributed by atoms with van der Waals surface area (Å²) in [4.78, 5) is 8.58. The van der Waals surface area contributed by atoms with Crippen LogP contribution < -0.4 is 9.57 Å². The van der Waals surface area contributed by atoms with Gasteiger partial charge in [0.15, 0.2) is 0 Å². The summed E-state index contributed by atoms with van der Waals surface area (Å²) in [5, 5.41) is 0. The second kappa shape index (κ2) is 6.01. The lowest BCUT2D eigenvalue weighted by Gasteiger charge is -1.84. The smallest absolute Gasteiger partial charge is 0.240 e. The van der Waals surface area contributed by atoms with Gasteiger partial charge in [-0.05, 0) is 0 Å². The maximum atomic E-state index is 4.79. The van der Waals surface area contributed by atoms with E-state index < -0.39 is 0 Å². The fourth-order valence-electron chi connectivity index (χ4n) is 0.429. The van der Waals surface area contributed by atoms with Gasteiger partial charge < -0.3 is 0 Å². The normalized spacial score (nSPS) is 7.50. The van der Waals surface area contributed by atoms with Crippen molar-refractivity contribution in [2.45, 2.75) is 13.8 Å². The Kier molecular flexibility index (Phi) is 5.33. The van der Waals surface area contributed by atoms with Crippen LogP contribution >= 0.6 is 0 Å². The van der Waals surface area contributed by atoms with E-state index in [9.17, 15) is 0 Å². The molecule has 0 aliphatic heterocycles. The second-order valence-electron chi connectivity index (χ2n) is 1.29. The Hall–Kier alpha value is -1.12. The fraction of sp³-hybridized carbons (Fsp3) is 0.429. The van der Waals surface area contributed by atoms with Gasteiger partial charge in [-0.2, -0.15) is 0 Å². The van der Waals surface area contributed by atoms with Crippen molar-refractivity contribution in [3.05, 3.63) is 24.8 Å². The molecule has 0 saturated carbocycles. The van der Waals surface area contributed by atoms with Crippen molar-refractivity contribution >= 4 is 0 Å². The van der Waals surface area contributed by atoms with Crippen LogP contribution in [-0.2, 0) is 0 Å². The van der Waals surface area contributed by atoms with Crippen LogP contribution in [0.2, 0.25) is 0 Å². The summed E-state index contributed by atoms with van der Waals surface area (Å²) in [6.07, 6.45) is 6.76. The molecule has 0 N–H and O–H groups in total. The summed E-state index contributed by atoms with van der Waals surface area (Å²) in [5.74, 6) is 0. The summed E-state index contributed by atoms with van der Waals surface area (Å²) in [6, 6.07) is 0. The molecule has 56 valence electrons. The Morgan fingerprint density at radius 3 is 2.00 bits per heavy atom. The zero-order valence-corrected chi connectivity index (χ0v) is 6.61. The number of hydrogen-bond donors (Lipinski definition) is 0. The van der Waals surface area contributed by atoms with Crippen LogP contribution in [-0.4, -0.2) is 12.1 Å². The van der Waals surface area contributed by atoms with Crippen LogP contribution in [0.15, 0.2) is 24.8 Å². The first-order valence-electron chi connectivity index (χ1n) is 3.29. The van der Waals surface area contributed by atoms with Crippen LogP contribution in [0.5, 0.6) is 0 Å². The molecule has 0 aromatic carbocycles. The molecule has 1 rings (SSSR count). The number of hydrogen-bond acceptors (Lipinski definition) is 2. The Morgan fingerprint density at radius 1 is 1.20 bits per heavy atom. The molecule has 0 unspecified atom stereocenters. The van der Waals surface area contributed by atoms with Crippen molar-refractivity contribution in [2.75, 3.05) is 7.11 Å². The zero-order chi connectivity index (χ0) is 7.82. The van der Waals surface area contributed by atoms with Gasteiger partial charge in [-0.1, -0.05) is 13.8 Å². The average Bonchev–Trinajstić information content (AvgIpc) is 2.10. The van der Waals surface area contributed by atoms with E-state index in [2.05, 4.69) is 4.98 Å². The minimum absolute atomic E-state index is 1.56. The average molecular weight is 141 g/mol. The van der Waals surface area contributed by atoms with Crippen LogP contribution in [0.4, 0.5) is 0 Å². The van der Waals surface area contributed by atoms with Gasteiger partial charge in [0.05, 0.1) is 12.4 Å². The first-order valence-corrected chi connectivity index (χ1v) is 3.29. The van der Waals surface area contributed by atoms with Crippen LogP contribution in [0, 0.1) is 0 Å². The van der Waals surface area contributed by atoms with Gasteiger partial charge in [0.2, 0.25) is 12.4 Å². The van der Waals surface area contributed by atoms with E-state index in [0.717, 1.165) is 0 Å². The molecule has 0 spiro atoms. The van der Waals surface area contributed by atoms with E-state index in [1.165, 1.54) is 0 Å². The highest BCUT2D eigenvalue weighted by atomic mass is 16.6. The van der Waals surface area contributed by atoms with E-state index >= 15 is 0 Å². The van der Waals surface area contributed by atoms with Gasteiger partial charge in [0.25, 0.3) is 0 Å². The highest BCUT2D eigenvalue weighted by Crippen LogP contribution is 1.64. The number of rotatable bonds is 1. The summed E-state index contributed by atoms with van der Waals surface area (Å²) in [7, 11) is 1.60. The third-order valence-electron chi connectivity index (χ3n) is 0.810. The molecule has 0 fully saturated rings. The topological polar surface area (TPSA) is 26.0 Å². The first-order chi connectivity index (χ1) is 4.93. The summed E-state index contributed by atoms with van der Waals surface area (Å²) < 4.78 is 1.56. The molecule has 1 heterocycles.